The first kappa shape index (κ1) is 11.4. The van der Waals surface area contributed by atoms with Crippen molar-refractivity contribution in [1.82, 2.24) is 0 Å². The van der Waals surface area contributed by atoms with Gasteiger partial charge in [-0.15, -0.1) is 0 Å². The van der Waals surface area contributed by atoms with E-state index in [0.717, 1.165) is 12.8 Å². The number of hydrogen-bond donors (Lipinski definition) is 0. The molecular weight excluding hydrogens is 175 g/mol. The second-order valence-electron chi connectivity index (χ2n) is 4.84. The van der Waals surface area contributed by atoms with Gasteiger partial charge in [0.1, 0.15) is 0 Å². The molecule has 2 rings (SSSR count). The Morgan fingerprint density at radius 2 is 1.77 bits per heavy atom. The van der Waals surface area contributed by atoms with Crippen molar-refractivity contribution in [1.29, 1.82) is 0 Å². The van der Waals surface area contributed by atoms with Crippen LogP contribution in [0, 0.1) is 16.7 Å². The third kappa shape index (κ3) is 1.06. The van der Waals surface area contributed by atoms with Crippen LogP contribution in [0.15, 0.2) is 0 Å². The van der Waals surface area contributed by atoms with E-state index in [4.69, 9.17) is 0 Å². The van der Waals surface area contributed by atoms with E-state index < -0.39 is 0 Å². The standard InChI is InChI=1S/C10H14O2.Na.H/c1-9(2)6-4-5-10(9,3)8(12)7(6)11;;/h6H,4-5H2,1-3H3;;. The van der Waals surface area contributed by atoms with Crippen LogP contribution < -0.4 is 0 Å². The maximum atomic E-state index is 11.6. The molecule has 2 aliphatic rings. The zero-order chi connectivity index (χ0) is 9.15. The van der Waals surface area contributed by atoms with E-state index in [0.29, 0.717) is 0 Å². The number of carbonyl (C=O) groups is 2. The summed E-state index contributed by atoms with van der Waals surface area (Å²) in [5, 5.41) is 0. The van der Waals surface area contributed by atoms with Crippen molar-refractivity contribution < 1.29 is 9.59 Å². The van der Waals surface area contributed by atoms with Crippen molar-refractivity contribution in [2.24, 2.45) is 16.7 Å². The van der Waals surface area contributed by atoms with Crippen molar-refractivity contribution in [2.75, 3.05) is 0 Å². The average molecular weight is 190 g/mol. The number of hydrogen-bond acceptors (Lipinski definition) is 2. The van der Waals surface area contributed by atoms with Crippen LogP contribution in [-0.4, -0.2) is 41.1 Å². The molecule has 2 aliphatic carbocycles. The molecule has 2 bridgehead atoms. The molecule has 0 saturated heterocycles. The van der Waals surface area contributed by atoms with E-state index >= 15 is 0 Å². The second kappa shape index (κ2) is 2.91. The summed E-state index contributed by atoms with van der Waals surface area (Å²) in [6.07, 6.45) is 1.81. The van der Waals surface area contributed by atoms with Crippen LogP contribution in [0.25, 0.3) is 0 Å². The molecule has 68 valence electrons. The molecule has 0 spiro atoms. The van der Waals surface area contributed by atoms with Crippen molar-refractivity contribution >= 4 is 41.1 Å². The Morgan fingerprint density at radius 3 is 2.00 bits per heavy atom. The molecule has 0 aromatic rings. The quantitative estimate of drug-likeness (QED) is 0.420. The third-order valence-corrected chi connectivity index (χ3v) is 4.27. The topological polar surface area (TPSA) is 34.1 Å². The predicted molar refractivity (Wildman–Crippen MR) is 51.8 cm³/mol. The molecule has 3 heteroatoms. The molecule has 0 amide bonds. The Morgan fingerprint density at radius 1 is 1.23 bits per heavy atom. The Kier molecular flexibility index (Phi) is 2.56. The van der Waals surface area contributed by atoms with Gasteiger partial charge < -0.3 is 0 Å². The van der Waals surface area contributed by atoms with Gasteiger partial charge in [-0.05, 0) is 18.3 Å². The molecule has 0 aromatic carbocycles. The number of rotatable bonds is 0. The molecule has 2 fully saturated rings. The van der Waals surface area contributed by atoms with Crippen LogP contribution in [0.3, 0.4) is 0 Å². The summed E-state index contributed by atoms with van der Waals surface area (Å²) in [6, 6.07) is 0. The van der Waals surface area contributed by atoms with Gasteiger partial charge in [-0.2, -0.15) is 0 Å². The summed E-state index contributed by atoms with van der Waals surface area (Å²) in [5.41, 5.74) is -0.448. The fourth-order valence-corrected chi connectivity index (χ4v) is 2.80. The van der Waals surface area contributed by atoms with Gasteiger partial charge in [0.25, 0.3) is 0 Å². The van der Waals surface area contributed by atoms with Crippen molar-refractivity contribution in [2.45, 2.75) is 33.6 Å². The molecule has 13 heavy (non-hydrogen) atoms. The van der Waals surface area contributed by atoms with Gasteiger partial charge in [0, 0.05) is 11.3 Å². The van der Waals surface area contributed by atoms with Crippen LogP contribution in [-0.2, 0) is 9.59 Å². The molecule has 0 heterocycles. The maximum absolute atomic E-state index is 11.6. The number of fused-ring (bicyclic) bond motifs is 2. The second-order valence-corrected chi connectivity index (χ2v) is 4.84. The number of ketones is 2. The molecule has 0 radical (unpaired) electrons. The van der Waals surface area contributed by atoms with E-state index in [1.165, 1.54) is 0 Å². The van der Waals surface area contributed by atoms with E-state index in [1.54, 1.807) is 0 Å². The first-order valence-electron chi connectivity index (χ1n) is 4.50. The molecule has 2 saturated carbocycles. The molecular formula is C10H15NaO2. The monoisotopic (exact) mass is 190 g/mol. The normalized spacial score (nSPS) is 40.7. The minimum absolute atomic E-state index is 0. The molecule has 0 aliphatic heterocycles. The van der Waals surface area contributed by atoms with Gasteiger partial charge in [-0.25, -0.2) is 0 Å². The fourth-order valence-electron chi connectivity index (χ4n) is 2.80. The van der Waals surface area contributed by atoms with Gasteiger partial charge in [0.05, 0.1) is 0 Å². The zero-order valence-electron chi connectivity index (χ0n) is 7.81. The molecule has 2 unspecified atom stereocenters. The summed E-state index contributed by atoms with van der Waals surface area (Å²) in [4.78, 5) is 23.0. The summed E-state index contributed by atoms with van der Waals surface area (Å²) in [7, 11) is 0. The summed E-state index contributed by atoms with van der Waals surface area (Å²) in [6.45, 7) is 6.04. The Labute approximate surface area is 101 Å². The third-order valence-electron chi connectivity index (χ3n) is 4.27. The van der Waals surface area contributed by atoms with Crippen LogP contribution in [0.5, 0.6) is 0 Å². The van der Waals surface area contributed by atoms with Crippen LogP contribution in [0.1, 0.15) is 33.6 Å². The first-order valence-corrected chi connectivity index (χ1v) is 4.50. The van der Waals surface area contributed by atoms with Gasteiger partial charge in [-0.3, -0.25) is 9.59 Å². The van der Waals surface area contributed by atoms with E-state index in [2.05, 4.69) is 0 Å². The van der Waals surface area contributed by atoms with Crippen molar-refractivity contribution in [3.8, 4) is 0 Å². The summed E-state index contributed by atoms with van der Waals surface area (Å²) in [5.74, 6) is -0.229. The van der Waals surface area contributed by atoms with Crippen molar-refractivity contribution in [3.63, 3.8) is 0 Å². The number of Topliss-reactive ketones (excluding diaryl/α,β-unsaturated/α-hetero) is 2. The summed E-state index contributed by atoms with van der Waals surface area (Å²) < 4.78 is 0. The predicted octanol–water partition coefficient (Wildman–Crippen LogP) is 0.932. The van der Waals surface area contributed by atoms with Gasteiger partial charge in [0.15, 0.2) is 0 Å². The Bertz CT molecular complexity index is 283. The van der Waals surface area contributed by atoms with Crippen LogP contribution in [0.4, 0.5) is 0 Å². The van der Waals surface area contributed by atoms with E-state index in [9.17, 15) is 9.59 Å². The van der Waals surface area contributed by atoms with Gasteiger partial charge in [0.2, 0.25) is 11.6 Å². The average Bonchev–Trinajstić information content (AvgIpc) is 2.26. The molecule has 2 atom stereocenters. The zero-order valence-corrected chi connectivity index (χ0v) is 7.81. The van der Waals surface area contributed by atoms with Crippen molar-refractivity contribution in [3.05, 3.63) is 0 Å². The number of carbonyl (C=O) groups excluding carboxylic acids is 2. The summed E-state index contributed by atoms with van der Waals surface area (Å²) >= 11 is 0. The Balaban J connectivity index is 0.000000845. The van der Waals surface area contributed by atoms with E-state index in [1.807, 2.05) is 20.8 Å². The van der Waals surface area contributed by atoms with Gasteiger partial charge >= 0.3 is 29.6 Å². The van der Waals surface area contributed by atoms with Crippen LogP contribution in [0.2, 0.25) is 0 Å². The first-order chi connectivity index (χ1) is 5.41. The molecule has 0 N–H and O–H groups in total. The van der Waals surface area contributed by atoms with Gasteiger partial charge in [-0.1, -0.05) is 20.8 Å². The van der Waals surface area contributed by atoms with E-state index in [-0.39, 0.29) is 57.9 Å². The SMILES string of the molecule is CC12CCC(C(=O)C1=O)C2(C)C.[NaH]. The fraction of sp³-hybridized carbons (Fsp3) is 0.800. The minimum atomic E-state index is -0.352. The molecule has 2 nitrogen and oxygen atoms in total. The molecule has 0 aromatic heterocycles. The van der Waals surface area contributed by atoms with Crippen LogP contribution >= 0.6 is 0 Å². The Hall–Kier alpha value is 0.340.